The van der Waals surface area contributed by atoms with Gasteiger partial charge in [0.05, 0.1) is 5.75 Å². The highest BCUT2D eigenvalue weighted by Gasteiger charge is 2.12. The largest absolute Gasteiger partial charge is 0.339 e. The Morgan fingerprint density at radius 2 is 2.22 bits per heavy atom. The standard InChI is InChI=1S/C17H19ClN6O2S/c1-3-13-21-17(23-22-13)27-9-14-20-16(26-24-14)7-6-15(25)19-12-5-4-11(18)8-10(12)2/h4-5,8H,3,6-7,9H2,1-2H3,(H,19,25)(H,21,22,23). The lowest BCUT2D eigenvalue weighted by Gasteiger charge is -2.07. The quantitative estimate of drug-likeness (QED) is 0.550. The maximum Gasteiger partial charge on any atom is 0.227 e. The van der Waals surface area contributed by atoms with Gasteiger partial charge >= 0.3 is 0 Å². The number of aromatic nitrogens is 5. The molecule has 0 unspecified atom stereocenters. The van der Waals surface area contributed by atoms with Gasteiger partial charge in [0.2, 0.25) is 17.0 Å². The molecule has 0 fully saturated rings. The Hall–Kier alpha value is -2.39. The molecule has 1 aromatic carbocycles. The summed E-state index contributed by atoms with van der Waals surface area (Å²) < 4.78 is 5.20. The van der Waals surface area contributed by atoms with E-state index in [-0.39, 0.29) is 12.3 Å². The molecule has 1 amide bonds. The van der Waals surface area contributed by atoms with E-state index in [2.05, 4.69) is 30.6 Å². The summed E-state index contributed by atoms with van der Waals surface area (Å²) in [5, 5.41) is 15.0. The predicted molar refractivity (Wildman–Crippen MR) is 103 cm³/mol. The Bertz CT molecular complexity index is 926. The van der Waals surface area contributed by atoms with Gasteiger partial charge in [0, 0.05) is 30.0 Å². The Kier molecular flexibility index (Phi) is 6.46. The Balaban J connectivity index is 1.46. The monoisotopic (exact) mass is 406 g/mol. The van der Waals surface area contributed by atoms with E-state index < -0.39 is 0 Å². The van der Waals surface area contributed by atoms with Crippen LogP contribution in [-0.4, -0.2) is 31.2 Å². The van der Waals surface area contributed by atoms with Crippen molar-refractivity contribution in [2.45, 2.75) is 44.0 Å². The van der Waals surface area contributed by atoms with Crippen LogP contribution in [0.2, 0.25) is 5.02 Å². The topological polar surface area (TPSA) is 110 Å². The van der Waals surface area contributed by atoms with E-state index in [0.717, 1.165) is 23.5 Å². The number of amides is 1. The second-order valence-corrected chi connectivity index (χ2v) is 7.20. The Labute approximate surface area is 165 Å². The lowest BCUT2D eigenvalue weighted by Crippen LogP contribution is -2.13. The molecule has 2 heterocycles. The number of benzene rings is 1. The van der Waals surface area contributed by atoms with Gasteiger partial charge in [0.15, 0.2) is 5.82 Å². The van der Waals surface area contributed by atoms with Gasteiger partial charge in [-0.2, -0.15) is 4.98 Å². The number of nitrogens with zero attached hydrogens (tertiary/aromatic N) is 4. The molecule has 142 valence electrons. The van der Waals surface area contributed by atoms with E-state index in [9.17, 15) is 4.79 Å². The van der Waals surface area contributed by atoms with Gasteiger partial charge in [0.1, 0.15) is 5.82 Å². The van der Waals surface area contributed by atoms with E-state index >= 15 is 0 Å². The zero-order valence-electron chi connectivity index (χ0n) is 15.0. The molecule has 3 rings (SSSR count). The number of nitrogens with one attached hydrogen (secondary N) is 2. The number of aryl methyl sites for hydroxylation is 3. The normalized spacial score (nSPS) is 10.9. The third-order valence-corrected chi connectivity index (χ3v) is 4.79. The van der Waals surface area contributed by atoms with Crippen LogP contribution in [0, 0.1) is 6.92 Å². The SMILES string of the molecule is CCc1nc(SCc2noc(CCC(=O)Nc3ccc(Cl)cc3C)n2)n[nH]1. The molecule has 2 aromatic heterocycles. The Morgan fingerprint density at radius 3 is 2.96 bits per heavy atom. The number of hydrogen-bond donors (Lipinski definition) is 2. The van der Waals surface area contributed by atoms with Gasteiger partial charge < -0.3 is 9.84 Å². The summed E-state index contributed by atoms with van der Waals surface area (Å²) in [6, 6.07) is 5.32. The third-order valence-electron chi connectivity index (χ3n) is 3.72. The van der Waals surface area contributed by atoms with Gasteiger partial charge in [-0.3, -0.25) is 9.89 Å². The van der Waals surface area contributed by atoms with Crippen LogP contribution in [0.4, 0.5) is 5.69 Å². The van der Waals surface area contributed by atoms with Crippen LogP contribution < -0.4 is 5.32 Å². The number of carbonyl (C=O) groups is 1. The molecular weight excluding hydrogens is 388 g/mol. The second-order valence-electron chi connectivity index (χ2n) is 5.82. The first-order chi connectivity index (χ1) is 13.0. The van der Waals surface area contributed by atoms with Crippen LogP contribution in [0.15, 0.2) is 27.9 Å². The molecule has 0 atom stereocenters. The maximum atomic E-state index is 12.1. The fraction of sp³-hybridized carbons (Fsp3) is 0.353. The van der Waals surface area contributed by atoms with Crippen molar-refractivity contribution in [3.05, 3.63) is 46.3 Å². The van der Waals surface area contributed by atoms with Crippen molar-refractivity contribution < 1.29 is 9.32 Å². The average Bonchev–Trinajstić information content (AvgIpc) is 3.29. The first-order valence-electron chi connectivity index (χ1n) is 8.45. The summed E-state index contributed by atoms with van der Waals surface area (Å²) in [6.45, 7) is 3.89. The molecule has 27 heavy (non-hydrogen) atoms. The highest BCUT2D eigenvalue weighted by Crippen LogP contribution is 2.20. The highest BCUT2D eigenvalue weighted by atomic mass is 35.5. The molecule has 0 aliphatic heterocycles. The predicted octanol–water partition coefficient (Wildman–Crippen LogP) is 3.58. The maximum absolute atomic E-state index is 12.1. The number of H-pyrrole nitrogens is 1. The minimum atomic E-state index is -0.123. The van der Waals surface area contributed by atoms with Crippen LogP contribution in [0.25, 0.3) is 0 Å². The average molecular weight is 407 g/mol. The zero-order valence-corrected chi connectivity index (χ0v) is 16.5. The van der Waals surface area contributed by atoms with Crippen molar-refractivity contribution >= 4 is 35.0 Å². The second kappa shape index (κ2) is 9.01. The minimum Gasteiger partial charge on any atom is -0.339 e. The molecule has 3 aromatic rings. The lowest BCUT2D eigenvalue weighted by atomic mass is 10.2. The van der Waals surface area contributed by atoms with Crippen molar-refractivity contribution in [2.24, 2.45) is 0 Å². The molecule has 0 bridgehead atoms. The smallest absolute Gasteiger partial charge is 0.227 e. The summed E-state index contributed by atoms with van der Waals surface area (Å²) in [7, 11) is 0. The van der Waals surface area contributed by atoms with Crippen molar-refractivity contribution in [1.29, 1.82) is 0 Å². The number of rotatable bonds is 8. The molecule has 8 nitrogen and oxygen atoms in total. The van der Waals surface area contributed by atoms with Crippen molar-refractivity contribution in [2.75, 3.05) is 5.32 Å². The number of aromatic amines is 1. The number of anilines is 1. The molecule has 0 spiro atoms. The fourth-order valence-electron chi connectivity index (χ4n) is 2.28. The number of carbonyl (C=O) groups excluding carboxylic acids is 1. The van der Waals surface area contributed by atoms with Crippen LogP contribution in [-0.2, 0) is 23.4 Å². The van der Waals surface area contributed by atoms with Gasteiger partial charge in [0.25, 0.3) is 0 Å². The Morgan fingerprint density at radius 1 is 1.37 bits per heavy atom. The summed E-state index contributed by atoms with van der Waals surface area (Å²) in [5.41, 5.74) is 1.65. The fourth-order valence-corrected chi connectivity index (χ4v) is 3.17. The van der Waals surface area contributed by atoms with E-state index in [1.54, 1.807) is 18.2 Å². The number of thioether (sulfide) groups is 1. The van der Waals surface area contributed by atoms with Crippen molar-refractivity contribution in [1.82, 2.24) is 25.3 Å². The molecule has 0 saturated carbocycles. The van der Waals surface area contributed by atoms with Gasteiger partial charge in [-0.25, -0.2) is 4.98 Å². The van der Waals surface area contributed by atoms with Crippen LogP contribution in [0.3, 0.4) is 0 Å². The summed E-state index contributed by atoms with van der Waals surface area (Å²) in [5.74, 6) is 2.20. The minimum absolute atomic E-state index is 0.123. The number of hydrogen-bond acceptors (Lipinski definition) is 7. The summed E-state index contributed by atoms with van der Waals surface area (Å²) >= 11 is 7.34. The number of halogens is 1. The van der Waals surface area contributed by atoms with E-state index in [4.69, 9.17) is 16.1 Å². The zero-order chi connectivity index (χ0) is 19.2. The third kappa shape index (κ3) is 5.54. The lowest BCUT2D eigenvalue weighted by molar-refractivity contribution is -0.116. The van der Waals surface area contributed by atoms with Crippen molar-refractivity contribution in [3.8, 4) is 0 Å². The highest BCUT2D eigenvalue weighted by molar-refractivity contribution is 7.98. The summed E-state index contributed by atoms with van der Waals surface area (Å²) in [4.78, 5) is 20.7. The molecule has 10 heteroatoms. The first-order valence-corrected chi connectivity index (χ1v) is 9.81. The van der Waals surface area contributed by atoms with E-state index in [0.29, 0.717) is 34.1 Å². The van der Waals surface area contributed by atoms with Crippen LogP contribution in [0.5, 0.6) is 0 Å². The first kappa shape index (κ1) is 19.4. The van der Waals surface area contributed by atoms with Crippen LogP contribution >= 0.6 is 23.4 Å². The molecule has 0 aliphatic rings. The molecular formula is C17H19ClN6O2S. The molecule has 0 radical (unpaired) electrons. The van der Waals surface area contributed by atoms with Crippen LogP contribution in [0.1, 0.15) is 36.4 Å². The van der Waals surface area contributed by atoms with E-state index in [1.165, 1.54) is 11.8 Å². The van der Waals surface area contributed by atoms with Gasteiger partial charge in [-0.1, -0.05) is 35.4 Å². The van der Waals surface area contributed by atoms with Crippen molar-refractivity contribution in [3.63, 3.8) is 0 Å². The summed E-state index contributed by atoms with van der Waals surface area (Å²) in [6.07, 6.45) is 1.42. The molecule has 2 N–H and O–H groups in total. The molecule has 0 aliphatic carbocycles. The van der Waals surface area contributed by atoms with Gasteiger partial charge in [-0.05, 0) is 30.7 Å². The molecule has 0 saturated heterocycles. The van der Waals surface area contributed by atoms with E-state index in [1.807, 2.05) is 13.8 Å². The van der Waals surface area contributed by atoms with Gasteiger partial charge in [-0.15, -0.1) is 5.10 Å².